The summed E-state index contributed by atoms with van der Waals surface area (Å²) in [6.07, 6.45) is 6.95. The Bertz CT molecular complexity index is 1710. The molecule has 0 bridgehead atoms. The molecular formula is C37H44FN5O4. The fraction of sp³-hybridized carbons (Fsp3) is 0.459. The molecule has 248 valence electrons. The normalized spacial score (nSPS) is 20.0. The minimum atomic E-state index is -0.586. The second-order valence-electron chi connectivity index (χ2n) is 14.6. The maximum Gasteiger partial charge on any atom is 0.410 e. The number of H-pyrrole nitrogens is 1. The van der Waals surface area contributed by atoms with Crippen LogP contribution in [0.4, 0.5) is 14.0 Å². The van der Waals surface area contributed by atoms with Gasteiger partial charge in [0.2, 0.25) is 0 Å². The molecule has 6 rings (SSSR count). The van der Waals surface area contributed by atoms with Crippen LogP contribution < -0.4 is 0 Å². The maximum absolute atomic E-state index is 15.5. The Balaban J connectivity index is 1.10. The van der Waals surface area contributed by atoms with Gasteiger partial charge in [-0.2, -0.15) is 0 Å². The van der Waals surface area contributed by atoms with Crippen LogP contribution in [0.15, 0.2) is 59.9 Å². The van der Waals surface area contributed by atoms with Gasteiger partial charge >= 0.3 is 12.2 Å². The van der Waals surface area contributed by atoms with Crippen LogP contribution in [0.3, 0.4) is 0 Å². The van der Waals surface area contributed by atoms with Crippen molar-refractivity contribution in [1.29, 1.82) is 0 Å². The number of rotatable bonds is 5. The summed E-state index contributed by atoms with van der Waals surface area (Å²) >= 11 is 0. The number of aliphatic imine (C=N–C) groups is 1. The molecule has 10 heteroatoms. The maximum atomic E-state index is 15.5. The molecule has 4 heterocycles. The average molecular weight is 642 g/mol. The Kier molecular flexibility index (Phi) is 8.72. The van der Waals surface area contributed by atoms with E-state index in [0.29, 0.717) is 36.6 Å². The molecule has 2 aromatic carbocycles. The molecule has 3 aliphatic heterocycles. The van der Waals surface area contributed by atoms with E-state index in [9.17, 15) is 9.59 Å². The van der Waals surface area contributed by atoms with Crippen molar-refractivity contribution < 1.29 is 23.5 Å². The molecule has 9 nitrogen and oxygen atoms in total. The number of aromatic nitrogens is 2. The molecule has 2 amide bonds. The number of halogens is 1. The highest BCUT2D eigenvalue weighted by Gasteiger charge is 2.37. The van der Waals surface area contributed by atoms with Crippen LogP contribution in [-0.4, -0.2) is 68.0 Å². The summed E-state index contributed by atoms with van der Waals surface area (Å²) in [5, 5.41) is 0. The molecule has 0 aliphatic carbocycles. The van der Waals surface area contributed by atoms with E-state index in [2.05, 4.69) is 9.97 Å². The van der Waals surface area contributed by atoms with Crippen molar-refractivity contribution in [3.05, 3.63) is 72.1 Å². The van der Waals surface area contributed by atoms with Gasteiger partial charge < -0.3 is 14.5 Å². The minimum absolute atomic E-state index is 0.0487. The van der Waals surface area contributed by atoms with E-state index >= 15 is 4.39 Å². The fourth-order valence-electron chi connectivity index (χ4n) is 6.50. The van der Waals surface area contributed by atoms with E-state index in [0.717, 1.165) is 53.7 Å². The van der Waals surface area contributed by atoms with Crippen molar-refractivity contribution in [3.8, 4) is 22.4 Å². The Hall–Kier alpha value is -4.47. The highest BCUT2D eigenvalue weighted by atomic mass is 19.1. The molecule has 47 heavy (non-hydrogen) atoms. The summed E-state index contributed by atoms with van der Waals surface area (Å²) in [4.78, 5) is 41.5. The average Bonchev–Trinajstić information content (AvgIpc) is 3.81. The first-order valence-corrected chi connectivity index (χ1v) is 16.5. The number of amides is 2. The number of hydrogen-bond acceptors (Lipinski definition) is 6. The number of benzene rings is 2. The van der Waals surface area contributed by atoms with Gasteiger partial charge in [-0.25, -0.2) is 19.0 Å². The van der Waals surface area contributed by atoms with Crippen LogP contribution in [0.25, 0.3) is 28.0 Å². The van der Waals surface area contributed by atoms with Crippen molar-refractivity contribution in [3.63, 3.8) is 0 Å². The monoisotopic (exact) mass is 641 g/mol. The second kappa shape index (κ2) is 12.6. The van der Waals surface area contributed by atoms with Gasteiger partial charge in [0, 0.05) is 37.0 Å². The lowest BCUT2D eigenvalue weighted by atomic mass is 9.96. The number of nitrogens with one attached hydrogen (secondary N) is 1. The second-order valence-corrected chi connectivity index (χ2v) is 14.6. The zero-order valence-corrected chi connectivity index (χ0v) is 28.1. The van der Waals surface area contributed by atoms with Gasteiger partial charge in [-0.1, -0.05) is 30.3 Å². The lowest BCUT2D eigenvalue weighted by Gasteiger charge is -2.28. The third-order valence-corrected chi connectivity index (χ3v) is 8.66. The fourth-order valence-corrected chi connectivity index (χ4v) is 6.50. The third-order valence-electron chi connectivity index (χ3n) is 8.66. The molecular weight excluding hydrogens is 597 g/mol. The van der Waals surface area contributed by atoms with Crippen LogP contribution >= 0.6 is 0 Å². The third kappa shape index (κ3) is 7.26. The molecule has 2 atom stereocenters. The van der Waals surface area contributed by atoms with Crippen LogP contribution in [0, 0.1) is 5.82 Å². The number of hydrogen-bond donors (Lipinski definition) is 1. The number of likely N-dealkylation sites (tertiary alicyclic amines) is 2. The van der Waals surface area contributed by atoms with Crippen LogP contribution in [-0.2, 0) is 9.47 Å². The number of aromatic amines is 1. The summed E-state index contributed by atoms with van der Waals surface area (Å²) < 4.78 is 26.7. The molecule has 0 saturated carbocycles. The minimum Gasteiger partial charge on any atom is -0.444 e. The van der Waals surface area contributed by atoms with Crippen LogP contribution in [0.5, 0.6) is 0 Å². The van der Waals surface area contributed by atoms with E-state index < -0.39 is 11.2 Å². The number of nitrogens with zero attached hydrogens (tertiary/aromatic N) is 4. The van der Waals surface area contributed by atoms with E-state index in [4.69, 9.17) is 14.5 Å². The summed E-state index contributed by atoms with van der Waals surface area (Å²) in [5.74, 6) is 0.265. The first-order chi connectivity index (χ1) is 22.3. The van der Waals surface area contributed by atoms with E-state index in [1.807, 2.05) is 78.1 Å². The lowest BCUT2D eigenvalue weighted by molar-refractivity contribution is 0.0216. The van der Waals surface area contributed by atoms with Gasteiger partial charge in [0.15, 0.2) is 0 Å². The molecule has 3 aliphatic rings. The molecule has 2 saturated heterocycles. The summed E-state index contributed by atoms with van der Waals surface area (Å²) in [5.41, 5.74) is 4.63. The lowest BCUT2D eigenvalue weighted by Crippen LogP contribution is -2.43. The molecule has 0 radical (unpaired) electrons. The highest BCUT2D eigenvalue weighted by molar-refractivity contribution is 6.03. The Morgan fingerprint density at radius 3 is 2.02 bits per heavy atom. The number of allylic oxidation sites excluding steroid dienone is 1. The van der Waals surface area contributed by atoms with Crippen molar-refractivity contribution in [1.82, 2.24) is 19.8 Å². The number of ether oxygens (including phenoxy) is 2. The predicted octanol–water partition coefficient (Wildman–Crippen LogP) is 8.54. The Labute approximate surface area is 275 Å². The SMILES string of the molecule is CC(C)(C)OC(=O)N1CCC[C@H]1C1=NC=C(c2ccc(-c3ccc(-c4cnc([C@@H]5CCCN5C(=O)OC(C)(C)C)[nH]4)c(F)c3)cc2)C1. The Morgan fingerprint density at radius 1 is 0.830 bits per heavy atom. The molecule has 0 unspecified atom stereocenters. The molecule has 1 N–H and O–H groups in total. The van der Waals surface area contributed by atoms with E-state index in [-0.39, 0.29) is 30.1 Å². The van der Waals surface area contributed by atoms with Gasteiger partial charge in [0.1, 0.15) is 22.8 Å². The summed E-state index contributed by atoms with van der Waals surface area (Å²) in [7, 11) is 0. The molecule has 1 aromatic heterocycles. The van der Waals surface area contributed by atoms with Crippen LogP contribution in [0.1, 0.15) is 91.1 Å². The predicted molar refractivity (Wildman–Crippen MR) is 180 cm³/mol. The molecule has 2 fully saturated rings. The van der Waals surface area contributed by atoms with Crippen molar-refractivity contribution >= 4 is 23.5 Å². The number of imidazole rings is 1. The first kappa shape index (κ1) is 32.5. The zero-order valence-electron chi connectivity index (χ0n) is 28.1. The highest BCUT2D eigenvalue weighted by Crippen LogP contribution is 2.35. The number of carbonyl (C=O) groups is 2. The smallest absolute Gasteiger partial charge is 0.410 e. The van der Waals surface area contributed by atoms with Gasteiger partial charge in [-0.05, 0) is 102 Å². The van der Waals surface area contributed by atoms with E-state index in [1.54, 1.807) is 22.1 Å². The summed E-state index contributed by atoms with van der Waals surface area (Å²) in [6.45, 7) is 12.4. The van der Waals surface area contributed by atoms with Crippen molar-refractivity contribution in [2.45, 2.75) is 96.9 Å². The largest absolute Gasteiger partial charge is 0.444 e. The van der Waals surface area contributed by atoms with Gasteiger partial charge in [0.05, 0.1) is 24.0 Å². The zero-order chi connectivity index (χ0) is 33.5. The number of carbonyl (C=O) groups excluding carboxylic acids is 2. The Morgan fingerprint density at radius 2 is 1.40 bits per heavy atom. The van der Waals surface area contributed by atoms with E-state index in [1.165, 1.54) is 6.07 Å². The molecule has 3 aromatic rings. The standard InChI is InChI=1S/C37H44FN5O4/c1-36(2,3)46-34(44)42-17-7-9-31(42)29-20-26(21-39-29)24-13-11-23(12-14-24)25-15-16-27(28(38)19-25)30-22-40-33(41-30)32-10-8-18-43(32)35(45)47-37(4,5)6/h11-16,19,21-22,31-32H,7-10,17-18,20H2,1-6H3,(H,40,41)/t31-,32-/m0/s1. The van der Waals surface area contributed by atoms with Crippen molar-refractivity contribution in [2.24, 2.45) is 4.99 Å². The first-order valence-electron chi connectivity index (χ1n) is 16.5. The van der Waals surface area contributed by atoms with Gasteiger partial charge in [0.25, 0.3) is 0 Å². The van der Waals surface area contributed by atoms with Crippen molar-refractivity contribution in [2.75, 3.05) is 13.1 Å². The van der Waals surface area contributed by atoms with Gasteiger partial charge in [-0.3, -0.25) is 14.8 Å². The molecule has 0 spiro atoms. The van der Waals surface area contributed by atoms with Gasteiger partial charge in [-0.15, -0.1) is 0 Å². The summed E-state index contributed by atoms with van der Waals surface area (Å²) in [6, 6.07) is 13.0. The topological polar surface area (TPSA) is 100 Å². The quantitative estimate of drug-likeness (QED) is 0.301. The van der Waals surface area contributed by atoms with Crippen LogP contribution in [0.2, 0.25) is 0 Å².